The molecule has 4 rings (SSSR count). The first-order valence-electron chi connectivity index (χ1n) is 8.08. The van der Waals surface area contributed by atoms with Crippen LogP contribution in [-0.2, 0) is 0 Å². The largest absolute Gasteiger partial charge is 0.368 e. The third-order valence-corrected chi connectivity index (χ3v) is 4.50. The molecule has 1 N–H and O–H groups in total. The summed E-state index contributed by atoms with van der Waals surface area (Å²) in [5.41, 5.74) is 2.48. The number of carbonyl (C=O) groups excluding carboxylic acids is 1. The van der Waals surface area contributed by atoms with Gasteiger partial charge in [-0.2, -0.15) is 0 Å². The fraction of sp³-hybridized carbons (Fsp3) is 0.211. The number of para-hydroxylation sites is 1. The van der Waals surface area contributed by atoms with Crippen LogP contribution in [0.1, 0.15) is 10.5 Å². The molecule has 1 aliphatic rings. The van der Waals surface area contributed by atoms with Crippen LogP contribution in [0, 0.1) is 5.82 Å². The van der Waals surface area contributed by atoms with Crippen molar-refractivity contribution in [3.05, 3.63) is 66.1 Å². The van der Waals surface area contributed by atoms with Crippen molar-refractivity contribution < 1.29 is 9.18 Å². The molecular weight excluding hydrogens is 305 g/mol. The lowest BCUT2D eigenvalue weighted by atomic mass is 10.2. The van der Waals surface area contributed by atoms with E-state index in [2.05, 4.69) is 22.0 Å². The van der Waals surface area contributed by atoms with Gasteiger partial charge in [-0.3, -0.25) is 4.79 Å². The fourth-order valence-corrected chi connectivity index (χ4v) is 3.20. The normalized spacial score (nSPS) is 15.0. The molecule has 2 heterocycles. The number of piperazine rings is 1. The van der Waals surface area contributed by atoms with Crippen molar-refractivity contribution in [1.82, 2.24) is 9.88 Å². The number of hydrogen-bond donors (Lipinski definition) is 1. The third-order valence-electron chi connectivity index (χ3n) is 4.50. The van der Waals surface area contributed by atoms with Gasteiger partial charge >= 0.3 is 0 Å². The van der Waals surface area contributed by atoms with Gasteiger partial charge in [0.05, 0.1) is 0 Å². The molecule has 0 saturated carbocycles. The highest BCUT2D eigenvalue weighted by Gasteiger charge is 2.23. The summed E-state index contributed by atoms with van der Waals surface area (Å²) < 4.78 is 13.3. The van der Waals surface area contributed by atoms with Crippen molar-refractivity contribution in [3.63, 3.8) is 0 Å². The van der Waals surface area contributed by atoms with Crippen LogP contribution in [-0.4, -0.2) is 42.0 Å². The highest BCUT2D eigenvalue weighted by Crippen LogP contribution is 2.20. The van der Waals surface area contributed by atoms with E-state index in [0.29, 0.717) is 18.8 Å². The topological polar surface area (TPSA) is 39.3 Å². The number of aromatic amines is 1. The molecule has 122 valence electrons. The molecule has 3 aromatic rings. The molecule has 1 amide bonds. The van der Waals surface area contributed by atoms with Crippen LogP contribution >= 0.6 is 0 Å². The number of nitrogens with one attached hydrogen (secondary N) is 1. The molecule has 1 aromatic heterocycles. The number of anilines is 1. The van der Waals surface area contributed by atoms with E-state index < -0.39 is 0 Å². The summed E-state index contributed by atoms with van der Waals surface area (Å²) in [6.07, 6.45) is 0. The second-order valence-corrected chi connectivity index (χ2v) is 6.03. The number of H-pyrrole nitrogens is 1. The van der Waals surface area contributed by atoms with Crippen molar-refractivity contribution in [1.29, 1.82) is 0 Å². The Morgan fingerprint density at radius 1 is 0.958 bits per heavy atom. The summed E-state index contributed by atoms with van der Waals surface area (Å²) in [6.45, 7) is 2.98. The van der Waals surface area contributed by atoms with Crippen molar-refractivity contribution in [3.8, 4) is 0 Å². The molecule has 0 bridgehead atoms. The monoisotopic (exact) mass is 323 g/mol. The van der Waals surface area contributed by atoms with E-state index >= 15 is 0 Å². The molecule has 5 heteroatoms. The van der Waals surface area contributed by atoms with Crippen molar-refractivity contribution in [2.45, 2.75) is 0 Å². The van der Waals surface area contributed by atoms with Gasteiger partial charge in [-0.15, -0.1) is 0 Å². The zero-order valence-electron chi connectivity index (χ0n) is 13.2. The zero-order valence-corrected chi connectivity index (χ0v) is 13.2. The highest BCUT2D eigenvalue weighted by atomic mass is 19.1. The molecule has 0 radical (unpaired) electrons. The molecule has 0 spiro atoms. The predicted octanol–water partition coefficient (Wildman–Crippen LogP) is 3.27. The van der Waals surface area contributed by atoms with Crippen LogP contribution in [0.15, 0.2) is 54.6 Å². The van der Waals surface area contributed by atoms with Gasteiger partial charge in [0.15, 0.2) is 0 Å². The average molecular weight is 323 g/mol. The molecule has 1 aliphatic heterocycles. The molecule has 1 saturated heterocycles. The van der Waals surface area contributed by atoms with E-state index in [4.69, 9.17) is 0 Å². The Bertz CT molecular complexity index is 867. The van der Waals surface area contributed by atoms with E-state index in [-0.39, 0.29) is 11.7 Å². The van der Waals surface area contributed by atoms with E-state index in [1.807, 2.05) is 23.1 Å². The number of benzene rings is 2. The van der Waals surface area contributed by atoms with Crippen molar-refractivity contribution >= 4 is 22.5 Å². The minimum absolute atomic E-state index is 0.0284. The van der Waals surface area contributed by atoms with Gasteiger partial charge in [0.1, 0.15) is 11.5 Å². The SMILES string of the molecule is O=C(c1cc2cc(F)ccc2[nH]1)N1CCN(c2ccccc2)CC1. The van der Waals surface area contributed by atoms with Crippen LogP contribution in [0.4, 0.5) is 10.1 Å². The van der Waals surface area contributed by atoms with Gasteiger partial charge in [0.2, 0.25) is 0 Å². The quantitative estimate of drug-likeness (QED) is 0.786. The lowest BCUT2D eigenvalue weighted by Gasteiger charge is -2.36. The first kappa shape index (κ1) is 14.8. The molecule has 24 heavy (non-hydrogen) atoms. The fourth-order valence-electron chi connectivity index (χ4n) is 3.20. The van der Waals surface area contributed by atoms with Crippen LogP contribution < -0.4 is 4.90 Å². The lowest BCUT2D eigenvalue weighted by molar-refractivity contribution is 0.0742. The van der Waals surface area contributed by atoms with Crippen LogP contribution in [0.5, 0.6) is 0 Å². The third kappa shape index (κ3) is 2.73. The zero-order chi connectivity index (χ0) is 16.5. The highest BCUT2D eigenvalue weighted by molar-refractivity contribution is 5.98. The van der Waals surface area contributed by atoms with Gasteiger partial charge in [-0.05, 0) is 36.4 Å². The van der Waals surface area contributed by atoms with Gasteiger partial charge in [0.25, 0.3) is 5.91 Å². The summed E-state index contributed by atoms with van der Waals surface area (Å²) in [7, 11) is 0. The molecule has 0 unspecified atom stereocenters. The minimum atomic E-state index is -0.294. The average Bonchev–Trinajstić information content (AvgIpc) is 3.05. The standard InChI is InChI=1S/C19H18FN3O/c20-15-6-7-17-14(12-15)13-18(21-17)19(24)23-10-8-22(9-11-23)16-4-2-1-3-5-16/h1-7,12-13,21H,8-11H2. The maximum absolute atomic E-state index is 13.3. The maximum atomic E-state index is 13.3. The number of carbonyl (C=O) groups is 1. The molecule has 4 nitrogen and oxygen atoms in total. The van der Waals surface area contributed by atoms with Crippen molar-refractivity contribution in [2.75, 3.05) is 31.1 Å². The summed E-state index contributed by atoms with van der Waals surface area (Å²) in [4.78, 5) is 19.9. The van der Waals surface area contributed by atoms with E-state index in [1.165, 1.54) is 17.8 Å². The Hall–Kier alpha value is -2.82. The van der Waals surface area contributed by atoms with Gasteiger partial charge in [-0.1, -0.05) is 18.2 Å². The number of nitrogens with zero attached hydrogens (tertiary/aromatic N) is 2. The van der Waals surface area contributed by atoms with Gasteiger partial charge in [-0.25, -0.2) is 4.39 Å². The Labute approximate surface area is 139 Å². The van der Waals surface area contributed by atoms with Gasteiger partial charge in [0, 0.05) is 42.8 Å². The maximum Gasteiger partial charge on any atom is 0.270 e. The van der Waals surface area contributed by atoms with Crippen LogP contribution in [0.25, 0.3) is 10.9 Å². The first-order valence-corrected chi connectivity index (χ1v) is 8.08. The molecule has 0 aliphatic carbocycles. The van der Waals surface area contributed by atoms with E-state index in [1.54, 1.807) is 12.1 Å². The Kier molecular flexibility index (Phi) is 3.69. The van der Waals surface area contributed by atoms with E-state index in [9.17, 15) is 9.18 Å². The van der Waals surface area contributed by atoms with E-state index in [0.717, 1.165) is 24.0 Å². The summed E-state index contributed by atoms with van der Waals surface area (Å²) in [5, 5.41) is 0.723. The minimum Gasteiger partial charge on any atom is -0.368 e. The molecule has 0 atom stereocenters. The molecule has 2 aromatic carbocycles. The predicted molar refractivity (Wildman–Crippen MR) is 92.8 cm³/mol. The number of amides is 1. The van der Waals surface area contributed by atoms with Crippen LogP contribution in [0.2, 0.25) is 0 Å². The first-order chi connectivity index (χ1) is 11.7. The Morgan fingerprint density at radius 3 is 2.46 bits per heavy atom. The van der Waals surface area contributed by atoms with Crippen molar-refractivity contribution in [2.24, 2.45) is 0 Å². The number of rotatable bonds is 2. The number of hydrogen-bond acceptors (Lipinski definition) is 2. The molecular formula is C19H18FN3O. The lowest BCUT2D eigenvalue weighted by Crippen LogP contribution is -2.48. The van der Waals surface area contributed by atoms with Gasteiger partial charge < -0.3 is 14.8 Å². The summed E-state index contributed by atoms with van der Waals surface area (Å²) >= 11 is 0. The Morgan fingerprint density at radius 2 is 1.71 bits per heavy atom. The number of aromatic nitrogens is 1. The van der Waals surface area contributed by atoms with Crippen LogP contribution in [0.3, 0.4) is 0 Å². The smallest absolute Gasteiger partial charge is 0.270 e. The second kappa shape index (κ2) is 6.00. The number of halogens is 1. The number of fused-ring (bicyclic) bond motifs is 1. The second-order valence-electron chi connectivity index (χ2n) is 6.03. The summed E-state index contributed by atoms with van der Waals surface area (Å²) in [5.74, 6) is -0.323. The summed E-state index contributed by atoms with van der Waals surface area (Å²) in [6, 6.07) is 16.4. The molecule has 1 fully saturated rings. The Balaban J connectivity index is 1.47.